The number of carboxylic acid groups (broad SMARTS) is 1. The van der Waals surface area contributed by atoms with Crippen molar-refractivity contribution in [1.82, 2.24) is 8.61 Å². The van der Waals surface area contributed by atoms with Crippen LogP contribution in [0.3, 0.4) is 0 Å². The molecule has 0 saturated carbocycles. The molecule has 0 aromatic heterocycles. The fraction of sp³-hybridized carbons (Fsp3) is 0.929. The lowest BCUT2D eigenvalue weighted by molar-refractivity contribution is -0.137. The zero-order chi connectivity index (χ0) is 15.6. The number of aliphatic carboxylic acids is 1. The lowest BCUT2D eigenvalue weighted by Crippen LogP contribution is -2.48. The number of nitrogens with zero attached hydrogens (tertiary/aromatic N) is 2. The Bertz CT molecular complexity index is 469. The summed E-state index contributed by atoms with van der Waals surface area (Å²) < 4.78 is 28.6. The summed E-state index contributed by atoms with van der Waals surface area (Å²) in [6.07, 6.45) is 2.53. The molecule has 2 aliphatic heterocycles. The first-order valence-electron chi connectivity index (χ1n) is 7.76. The van der Waals surface area contributed by atoms with Crippen LogP contribution in [0.5, 0.6) is 0 Å². The molecule has 0 aliphatic carbocycles. The predicted molar refractivity (Wildman–Crippen MR) is 80.0 cm³/mol. The minimum Gasteiger partial charge on any atom is -0.481 e. The lowest BCUT2D eigenvalue weighted by atomic mass is 9.94. The van der Waals surface area contributed by atoms with Gasteiger partial charge >= 0.3 is 5.97 Å². The highest BCUT2D eigenvalue weighted by molar-refractivity contribution is 7.86. The molecule has 0 bridgehead atoms. The van der Waals surface area contributed by atoms with Gasteiger partial charge in [-0.15, -0.1) is 0 Å². The summed E-state index contributed by atoms with van der Waals surface area (Å²) in [5.41, 5.74) is 0. The Hall–Kier alpha value is -0.660. The number of carbonyl (C=O) groups is 1. The first-order chi connectivity index (χ1) is 9.79. The van der Waals surface area contributed by atoms with Gasteiger partial charge in [0.1, 0.15) is 0 Å². The maximum atomic E-state index is 12.7. The van der Waals surface area contributed by atoms with Gasteiger partial charge in [0.05, 0.1) is 0 Å². The Labute approximate surface area is 127 Å². The van der Waals surface area contributed by atoms with Gasteiger partial charge in [0.15, 0.2) is 0 Å². The molecule has 2 fully saturated rings. The average molecular weight is 318 g/mol. The average Bonchev–Trinajstić information content (AvgIpc) is 2.84. The van der Waals surface area contributed by atoms with Crippen molar-refractivity contribution in [3.05, 3.63) is 0 Å². The van der Waals surface area contributed by atoms with Gasteiger partial charge in [-0.05, 0) is 37.0 Å². The van der Waals surface area contributed by atoms with E-state index >= 15 is 0 Å². The van der Waals surface area contributed by atoms with E-state index in [4.69, 9.17) is 5.11 Å². The van der Waals surface area contributed by atoms with Crippen LogP contribution in [0.1, 0.15) is 39.5 Å². The molecule has 0 aromatic rings. The van der Waals surface area contributed by atoms with Crippen molar-refractivity contribution in [1.29, 1.82) is 0 Å². The molecule has 1 N–H and O–H groups in total. The van der Waals surface area contributed by atoms with Crippen molar-refractivity contribution in [3.8, 4) is 0 Å². The maximum absolute atomic E-state index is 12.7. The summed E-state index contributed by atoms with van der Waals surface area (Å²) in [4.78, 5) is 10.6. The van der Waals surface area contributed by atoms with Gasteiger partial charge in [-0.1, -0.05) is 13.8 Å². The first-order valence-corrected chi connectivity index (χ1v) is 9.15. The molecular formula is C14H26N2O4S. The monoisotopic (exact) mass is 318 g/mol. The molecule has 6 nitrogen and oxygen atoms in total. The highest BCUT2D eigenvalue weighted by Crippen LogP contribution is 2.29. The number of hydrogen-bond acceptors (Lipinski definition) is 3. The van der Waals surface area contributed by atoms with Crippen molar-refractivity contribution in [3.63, 3.8) is 0 Å². The molecule has 0 amide bonds. The minimum absolute atomic E-state index is 0.121. The molecule has 7 heteroatoms. The van der Waals surface area contributed by atoms with Crippen LogP contribution in [-0.4, -0.2) is 54.3 Å². The SMILES string of the molecule is CC1CC(C)CN(S(=O)(=O)N2CCC(CCC(=O)O)C2)C1. The third-order valence-corrected chi connectivity index (χ3v) is 6.44. The molecule has 21 heavy (non-hydrogen) atoms. The fourth-order valence-corrected chi connectivity index (χ4v) is 5.47. The summed E-state index contributed by atoms with van der Waals surface area (Å²) in [5, 5.41) is 8.72. The van der Waals surface area contributed by atoms with Crippen LogP contribution in [0.4, 0.5) is 0 Å². The van der Waals surface area contributed by atoms with Crippen molar-refractivity contribution < 1.29 is 18.3 Å². The third-order valence-electron chi connectivity index (χ3n) is 4.50. The maximum Gasteiger partial charge on any atom is 0.303 e. The van der Waals surface area contributed by atoms with E-state index in [0.717, 1.165) is 12.8 Å². The Morgan fingerprint density at radius 3 is 2.33 bits per heavy atom. The second kappa shape index (κ2) is 6.62. The molecular weight excluding hydrogens is 292 g/mol. The predicted octanol–water partition coefficient (Wildman–Crippen LogP) is 1.40. The molecule has 2 saturated heterocycles. The minimum atomic E-state index is -3.38. The van der Waals surface area contributed by atoms with E-state index in [0.29, 0.717) is 44.4 Å². The summed E-state index contributed by atoms with van der Waals surface area (Å²) in [6.45, 7) is 6.38. The van der Waals surface area contributed by atoms with Gasteiger partial charge in [-0.25, -0.2) is 0 Å². The first kappa shape index (κ1) is 16.7. The largest absolute Gasteiger partial charge is 0.481 e. The number of carboxylic acids is 1. The molecule has 0 spiro atoms. The van der Waals surface area contributed by atoms with Gasteiger partial charge in [-0.2, -0.15) is 17.0 Å². The van der Waals surface area contributed by atoms with Crippen LogP contribution in [0.15, 0.2) is 0 Å². The third kappa shape index (κ3) is 4.17. The molecule has 0 aromatic carbocycles. The lowest BCUT2D eigenvalue weighted by Gasteiger charge is -2.36. The van der Waals surface area contributed by atoms with Crippen molar-refractivity contribution in [2.75, 3.05) is 26.2 Å². The van der Waals surface area contributed by atoms with Crippen LogP contribution >= 0.6 is 0 Å². The van der Waals surface area contributed by atoms with Crippen molar-refractivity contribution >= 4 is 16.2 Å². The molecule has 122 valence electrons. The van der Waals surface area contributed by atoms with E-state index in [-0.39, 0.29) is 12.3 Å². The second-order valence-electron chi connectivity index (χ2n) is 6.72. The van der Waals surface area contributed by atoms with E-state index in [1.165, 1.54) is 0 Å². The zero-order valence-corrected chi connectivity index (χ0v) is 13.7. The Morgan fingerprint density at radius 2 is 1.76 bits per heavy atom. The molecule has 3 unspecified atom stereocenters. The van der Waals surface area contributed by atoms with E-state index in [1.807, 2.05) is 0 Å². The van der Waals surface area contributed by atoms with Gasteiger partial charge < -0.3 is 5.11 Å². The van der Waals surface area contributed by atoms with Crippen molar-refractivity contribution in [2.45, 2.75) is 39.5 Å². The van der Waals surface area contributed by atoms with E-state index in [2.05, 4.69) is 13.8 Å². The highest BCUT2D eigenvalue weighted by atomic mass is 32.2. The molecule has 3 atom stereocenters. The fourth-order valence-electron chi connectivity index (χ4n) is 3.53. The van der Waals surface area contributed by atoms with Gasteiger partial charge in [0.25, 0.3) is 10.2 Å². The van der Waals surface area contributed by atoms with E-state index in [1.54, 1.807) is 8.61 Å². The topological polar surface area (TPSA) is 77.9 Å². The van der Waals surface area contributed by atoms with Crippen LogP contribution in [-0.2, 0) is 15.0 Å². The molecule has 2 heterocycles. The smallest absolute Gasteiger partial charge is 0.303 e. The van der Waals surface area contributed by atoms with E-state index in [9.17, 15) is 13.2 Å². The van der Waals surface area contributed by atoms with Crippen LogP contribution in [0.25, 0.3) is 0 Å². The van der Waals surface area contributed by atoms with Crippen LogP contribution < -0.4 is 0 Å². The van der Waals surface area contributed by atoms with Gasteiger partial charge in [0.2, 0.25) is 0 Å². The van der Waals surface area contributed by atoms with Gasteiger partial charge in [0, 0.05) is 32.6 Å². The summed E-state index contributed by atoms with van der Waals surface area (Å²) in [5.74, 6) is 0.161. The number of hydrogen-bond donors (Lipinski definition) is 1. The highest BCUT2D eigenvalue weighted by Gasteiger charge is 2.38. The Morgan fingerprint density at radius 1 is 1.14 bits per heavy atom. The summed E-state index contributed by atoms with van der Waals surface area (Å²) in [7, 11) is -3.38. The second-order valence-corrected chi connectivity index (χ2v) is 8.64. The molecule has 2 aliphatic rings. The Balaban J connectivity index is 1.96. The number of rotatable bonds is 5. The van der Waals surface area contributed by atoms with E-state index < -0.39 is 16.2 Å². The molecule has 2 rings (SSSR count). The number of piperidine rings is 1. The standard InChI is InChI=1S/C14H26N2O4S/c1-11-7-12(2)9-16(8-11)21(19,20)15-6-5-13(10-15)3-4-14(17)18/h11-13H,3-10H2,1-2H3,(H,17,18). The van der Waals surface area contributed by atoms with Crippen LogP contribution in [0.2, 0.25) is 0 Å². The van der Waals surface area contributed by atoms with Gasteiger partial charge in [-0.3, -0.25) is 4.79 Å². The quantitative estimate of drug-likeness (QED) is 0.831. The van der Waals surface area contributed by atoms with Crippen LogP contribution in [0, 0.1) is 17.8 Å². The Kier molecular flexibility index (Phi) is 5.27. The molecule has 0 radical (unpaired) electrons. The summed E-state index contributed by atoms with van der Waals surface area (Å²) in [6, 6.07) is 0. The zero-order valence-electron chi connectivity index (χ0n) is 12.9. The summed E-state index contributed by atoms with van der Waals surface area (Å²) >= 11 is 0. The van der Waals surface area contributed by atoms with Crippen molar-refractivity contribution in [2.24, 2.45) is 17.8 Å². The normalized spacial score (nSPS) is 32.4.